The van der Waals surface area contributed by atoms with E-state index in [2.05, 4.69) is 5.32 Å². The van der Waals surface area contributed by atoms with Crippen molar-refractivity contribution in [2.75, 3.05) is 31.7 Å². The minimum atomic E-state index is -3.24. The number of rotatable bonds is 6. The van der Waals surface area contributed by atoms with Gasteiger partial charge < -0.3 is 5.32 Å². The summed E-state index contributed by atoms with van der Waals surface area (Å²) < 4.78 is 24.3. The third-order valence-corrected chi connectivity index (χ3v) is 4.49. The Labute approximate surface area is 112 Å². The largest absolute Gasteiger partial charge is 0.384 e. The predicted molar refractivity (Wildman–Crippen MR) is 73.8 cm³/mol. The van der Waals surface area contributed by atoms with Crippen LogP contribution in [0.4, 0.5) is 11.4 Å². The summed E-state index contributed by atoms with van der Waals surface area (Å²) in [6.07, 6.45) is 0. The van der Waals surface area contributed by atoms with Crippen LogP contribution in [0.2, 0.25) is 0 Å². The van der Waals surface area contributed by atoms with Crippen LogP contribution in [-0.4, -0.2) is 44.0 Å². The van der Waals surface area contributed by atoms with Gasteiger partial charge in [-0.25, -0.2) is 12.7 Å². The molecule has 0 bridgehead atoms. The summed E-state index contributed by atoms with van der Waals surface area (Å²) in [5.41, 5.74) is 1.42. The van der Waals surface area contributed by atoms with Crippen LogP contribution in [0.1, 0.15) is 5.56 Å². The fourth-order valence-electron chi connectivity index (χ4n) is 1.46. The van der Waals surface area contributed by atoms with Gasteiger partial charge in [-0.1, -0.05) is 0 Å². The minimum absolute atomic E-state index is 0.0176. The number of benzene rings is 1. The van der Waals surface area contributed by atoms with Crippen molar-refractivity contribution in [2.24, 2.45) is 0 Å². The van der Waals surface area contributed by atoms with E-state index in [1.54, 1.807) is 13.0 Å². The molecule has 0 unspecified atom stereocenters. The Bertz CT molecular complexity index is 569. The molecule has 19 heavy (non-hydrogen) atoms. The molecular weight excluding hydrogens is 270 g/mol. The van der Waals surface area contributed by atoms with Gasteiger partial charge in [0.15, 0.2) is 0 Å². The molecule has 0 aromatic heterocycles. The molecule has 1 aromatic rings. The maximum absolute atomic E-state index is 11.5. The molecule has 0 heterocycles. The first-order valence-electron chi connectivity index (χ1n) is 5.63. The van der Waals surface area contributed by atoms with E-state index in [9.17, 15) is 18.5 Å². The van der Waals surface area contributed by atoms with E-state index in [1.165, 1.54) is 26.2 Å². The first-order chi connectivity index (χ1) is 8.74. The first-order valence-corrected chi connectivity index (χ1v) is 7.24. The van der Waals surface area contributed by atoms with Crippen molar-refractivity contribution in [1.29, 1.82) is 0 Å². The summed E-state index contributed by atoms with van der Waals surface area (Å²) >= 11 is 0. The molecule has 106 valence electrons. The minimum Gasteiger partial charge on any atom is -0.384 e. The van der Waals surface area contributed by atoms with E-state index in [1.807, 2.05) is 0 Å². The van der Waals surface area contributed by atoms with Gasteiger partial charge in [-0.3, -0.25) is 10.1 Å². The first kappa shape index (κ1) is 15.4. The number of hydrogen-bond donors (Lipinski definition) is 1. The summed E-state index contributed by atoms with van der Waals surface area (Å²) in [5.74, 6) is -0.0313. The number of nitro benzene ring substituents is 1. The van der Waals surface area contributed by atoms with Crippen molar-refractivity contribution in [3.63, 3.8) is 0 Å². The van der Waals surface area contributed by atoms with Crippen molar-refractivity contribution < 1.29 is 13.3 Å². The highest BCUT2D eigenvalue weighted by Crippen LogP contribution is 2.20. The third-order valence-electron chi connectivity index (χ3n) is 2.65. The Kier molecular flexibility index (Phi) is 4.84. The molecular formula is C11H17N3O4S. The number of anilines is 1. The third kappa shape index (κ3) is 4.18. The number of aryl methyl sites for hydroxylation is 1. The van der Waals surface area contributed by atoms with Crippen molar-refractivity contribution in [2.45, 2.75) is 6.92 Å². The molecule has 1 rings (SSSR count). The van der Waals surface area contributed by atoms with Crippen LogP contribution in [0.5, 0.6) is 0 Å². The van der Waals surface area contributed by atoms with E-state index in [4.69, 9.17) is 0 Å². The van der Waals surface area contributed by atoms with E-state index in [0.717, 1.165) is 4.31 Å². The Morgan fingerprint density at radius 2 is 2.00 bits per heavy atom. The average molecular weight is 287 g/mol. The van der Waals surface area contributed by atoms with Gasteiger partial charge in [0.05, 0.1) is 10.7 Å². The molecule has 1 N–H and O–H groups in total. The zero-order valence-electron chi connectivity index (χ0n) is 11.1. The lowest BCUT2D eigenvalue weighted by Crippen LogP contribution is -2.28. The average Bonchev–Trinajstić information content (AvgIpc) is 2.30. The van der Waals surface area contributed by atoms with Crippen molar-refractivity contribution in [3.8, 4) is 0 Å². The van der Waals surface area contributed by atoms with Crippen LogP contribution < -0.4 is 5.32 Å². The van der Waals surface area contributed by atoms with Gasteiger partial charge in [0.2, 0.25) is 10.0 Å². The monoisotopic (exact) mass is 287 g/mol. The lowest BCUT2D eigenvalue weighted by atomic mass is 10.2. The molecule has 0 aliphatic heterocycles. The smallest absolute Gasteiger partial charge is 0.269 e. The molecule has 0 spiro atoms. The lowest BCUT2D eigenvalue weighted by Gasteiger charge is -2.13. The molecule has 0 saturated carbocycles. The normalized spacial score (nSPS) is 11.6. The number of nitro groups is 1. The second kappa shape index (κ2) is 5.98. The zero-order chi connectivity index (χ0) is 14.6. The van der Waals surface area contributed by atoms with Gasteiger partial charge in [0, 0.05) is 38.5 Å². The number of sulfonamides is 1. The summed E-state index contributed by atoms with van der Waals surface area (Å²) in [7, 11) is -0.283. The molecule has 0 aliphatic carbocycles. The van der Waals surface area contributed by atoms with E-state index in [0.29, 0.717) is 11.3 Å². The van der Waals surface area contributed by atoms with E-state index >= 15 is 0 Å². The highest BCUT2D eigenvalue weighted by atomic mass is 32.2. The fourth-order valence-corrected chi connectivity index (χ4v) is 2.18. The van der Waals surface area contributed by atoms with E-state index in [-0.39, 0.29) is 18.0 Å². The number of nitrogens with zero attached hydrogens (tertiary/aromatic N) is 2. The van der Waals surface area contributed by atoms with Crippen LogP contribution in [0.25, 0.3) is 0 Å². The van der Waals surface area contributed by atoms with Gasteiger partial charge in [-0.15, -0.1) is 0 Å². The number of non-ortho nitro benzene ring substituents is 1. The maximum atomic E-state index is 11.5. The van der Waals surface area contributed by atoms with Crippen molar-refractivity contribution in [1.82, 2.24) is 4.31 Å². The Hall–Kier alpha value is -1.67. The molecule has 0 aliphatic rings. The zero-order valence-corrected chi connectivity index (χ0v) is 11.9. The van der Waals surface area contributed by atoms with Gasteiger partial charge in [0.25, 0.3) is 5.69 Å². The molecule has 0 atom stereocenters. The number of hydrogen-bond acceptors (Lipinski definition) is 5. The van der Waals surface area contributed by atoms with Crippen LogP contribution in [0.3, 0.4) is 0 Å². The predicted octanol–water partition coefficient (Wildman–Crippen LogP) is 1.21. The van der Waals surface area contributed by atoms with Gasteiger partial charge in [-0.2, -0.15) is 0 Å². The number of nitrogens with one attached hydrogen (secondary N) is 1. The quantitative estimate of drug-likeness (QED) is 0.627. The van der Waals surface area contributed by atoms with Crippen LogP contribution in [0, 0.1) is 17.0 Å². The molecule has 0 amide bonds. The van der Waals surface area contributed by atoms with Crippen LogP contribution >= 0.6 is 0 Å². The lowest BCUT2D eigenvalue weighted by molar-refractivity contribution is -0.384. The van der Waals surface area contributed by atoms with E-state index < -0.39 is 14.9 Å². The SMILES string of the molecule is Cc1cc([N+](=O)[O-])ccc1NCCS(=O)(=O)N(C)C. The van der Waals surface area contributed by atoms with Crippen molar-refractivity contribution >= 4 is 21.4 Å². The summed E-state index contributed by atoms with van der Waals surface area (Å²) in [4.78, 5) is 10.1. The molecule has 0 radical (unpaired) electrons. The molecule has 8 heteroatoms. The Morgan fingerprint density at radius 3 is 2.47 bits per heavy atom. The topological polar surface area (TPSA) is 92.5 Å². The van der Waals surface area contributed by atoms with Crippen molar-refractivity contribution in [3.05, 3.63) is 33.9 Å². The highest BCUT2D eigenvalue weighted by molar-refractivity contribution is 7.89. The summed E-state index contributed by atoms with van der Waals surface area (Å²) in [6.45, 7) is 1.98. The summed E-state index contributed by atoms with van der Waals surface area (Å²) in [5, 5.41) is 13.5. The Balaban J connectivity index is 2.67. The van der Waals surface area contributed by atoms with Gasteiger partial charge in [-0.05, 0) is 18.6 Å². The standard InChI is InChI=1S/C11H17N3O4S/c1-9-8-10(14(15)16)4-5-11(9)12-6-7-19(17,18)13(2)3/h4-5,8,12H,6-7H2,1-3H3. The van der Waals surface area contributed by atoms with Crippen LogP contribution in [0.15, 0.2) is 18.2 Å². The molecule has 0 fully saturated rings. The van der Waals surface area contributed by atoms with Gasteiger partial charge >= 0.3 is 0 Å². The molecule has 7 nitrogen and oxygen atoms in total. The van der Waals surface area contributed by atoms with Gasteiger partial charge in [0.1, 0.15) is 0 Å². The molecule has 1 aromatic carbocycles. The fraction of sp³-hybridized carbons (Fsp3) is 0.455. The van der Waals surface area contributed by atoms with Crippen LogP contribution in [-0.2, 0) is 10.0 Å². The second-order valence-corrected chi connectivity index (χ2v) is 6.58. The Morgan fingerprint density at radius 1 is 1.37 bits per heavy atom. The molecule has 0 saturated heterocycles. The maximum Gasteiger partial charge on any atom is 0.269 e. The second-order valence-electron chi connectivity index (χ2n) is 4.28. The summed E-state index contributed by atoms with van der Waals surface area (Å²) in [6, 6.07) is 4.41. The highest BCUT2D eigenvalue weighted by Gasteiger charge is 2.13.